The van der Waals surface area contributed by atoms with E-state index in [9.17, 15) is 0 Å². The Morgan fingerprint density at radius 2 is 2.20 bits per heavy atom. The second kappa shape index (κ2) is 6.02. The largest absolute Gasteiger partial charge is 0.325 e. The topological polar surface area (TPSA) is 26.0 Å². The second-order valence-corrected chi connectivity index (χ2v) is 6.04. The molecule has 1 nitrogen and oxygen atoms in total. The molecular weight excluding hydrogens is 270 g/mol. The molecule has 1 heterocycles. The summed E-state index contributed by atoms with van der Waals surface area (Å²) in [4.78, 5) is 1.38. The van der Waals surface area contributed by atoms with Crippen LogP contribution < -0.4 is 5.73 Å². The van der Waals surface area contributed by atoms with E-state index >= 15 is 0 Å². The number of rotatable bonds is 6. The summed E-state index contributed by atoms with van der Waals surface area (Å²) in [7, 11) is 0. The average molecular weight is 290 g/mol. The van der Waals surface area contributed by atoms with Gasteiger partial charge in [-0.15, -0.1) is 11.3 Å². The summed E-state index contributed by atoms with van der Waals surface area (Å²) in [5, 5.41) is 2.12. The van der Waals surface area contributed by atoms with Crippen LogP contribution in [0.15, 0.2) is 15.9 Å². The third-order valence-corrected chi connectivity index (χ3v) is 4.86. The van der Waals surface area contributed by atoms with E-state index in [4.69, 9.17) is 5.73 Å². The van der Waals surface area contributed by atoms with Crippen molar-refractivity contribution in [2.45, 2.75) is 51.5 Å². The van der Waals surface area contributed by atoms with Crippen LogP contribution in [-0.4, -0.2) is 5.54 Å². The number of unbranched alkanes of at least 4 members (excludes halogenated alkanes) is 1. The van der Waals surface area contributed by atoms with Crippen molar-refractivity contribution in [1.29, 1.82) is 0 Å². The van der Waals surface area contributed by atoms with Crippen LogP contribution in [0.1, 0.15) is 44.4 Å². The summed E-state index contributed by atoms with van der Waals surface area (Å²) in [6.45, 7) is 4.41. The van der Waals surface area contributed by atoms with Gasteiger partial charge in [0.05, 0.1) is 0 Å². The van der Waals surface area contributed by atoms with E-state index in [-0.39, 0.29) is 5.54 Å². The first-order valence-corrected chi connectivity index (χ1v) is 7.29. The van der Waals surface area contributed by atoms with Gasteiger partial charge in [-0.1, -0.05) is 26.7 Å². The zero-order chi connectivity index (χ0) is 11.3. The first-order valence-electron chi connectivity index (χ1n) is 5.62. The Kier molecular flexibility index (Phi) is 5.30. The lowest BCUT2D eigenvalue weighted by atomic mass is 9.87. The number of thiophene rings is 1. The van der Waals surface area contributed by atoms with Crippen molar-refractivity contribution in [1.82, 2.24) is 0 Å². The fourth-order valence-electron chi connectivity index (χ4n) is 1.69. The molecule has 0 bridgehead atoms. The molecule has 1 aromatic heterocycles. The maximum atomic E-state index is 6.43. The van der Waals surface area contributed by atoms with Crippen molar-refractivity contribution in [3.8, 4) is 0 Å². The Bertz CT molecular complexity index is 298. The summed E-state index contributed by atoms with van der Waals surface area (Å²) in [5.41, 5.74) is 6.42. The molecule has 0 amide bonds. The molecule has 0 fully saturated rings. The number of halogens is 1. The van der Waals surface area contributed by atoms with E-state index < -0.39 is 0 Å². The normalized spacial score (nSPS) is 15.2. The first kappa shape index (κ1) is 13.2. The average Bonchev–Trinajstić information content (AvgIpc) is 2.61. The van der Waals surface area contributed by atoms with Gasteiger partial charge in [0.2, 0.25) is 0 Å². The predicted molar refractivity (Wildman–Crippen MR) is 72.5 cm³/mol. The Hall–Kier alpha value is 0.140. The Labute approximate surface area is 105 Å². The van der Waals surface area contributed by atoms with Crippen molar-refractivity contribution < 1.29 is 0 Å². The molecule has 86 valence electrons. The molecule has 1 rings (SSSR count). The zero-order valence-corrected chi connectivity index (χ0v) is 12.0. The molecule has 2 N–H and O–H groups in total. The van der Waals surface area contributed by atoms with Gasteiger partial charge in [0.25, 0.3) is 0 Å². The molecule has 0 saturated heterocycles. The van der Waals surface area contributed by atoms with E-state index in [0.717, 1.165) is 19.3 Å². The lowest BCUT2D eigenvalue weighted by Gasteiger charge is -2.27. The van der Waals surface area contributed by atoms with Crippen molar-refractivity contribution in [3.05, 3.63) is 20.8 Å². The Balaban J connectivity index is 2.63. The molecule has 3 heteroatoms. The number of nitrogens with two attached hydrogens (primary N) is 1. The molecule has 1 atom stereocenters. The summed E-state index contributed by atoms with van der Waals surface area (Å²) >= 11 is 5.37. The van der Waals surface area contributed by atoms with Gasteiger partial charge < -0.3 is 5.73 Å². The van der Waals surface area contributed by atoms with Gasteiger partial charge in [0.1, 0.15) is 0 Å². The minimum absolute atomic E-state index is 0.0105. The van der Waals surface area contributed by atoms with Crippen LogP contribution in [-0.2, 0) is 6.42 Å². The van der Waals surface area contributed by atoms with Gasteiger partial charge in [0, 0.05) is 21.3 Å². The third-order valence-electron chi connectivity index (χ3n) is 2.94. The highest BCUT2D eigenvalue weighted by Gasteiger charge is 2.23. The fourth-order valence-corrected chi connectivity index (χ4v) is 3.34. The van der Waals surface area contributed by atoms with Crippen LogP contribution in [0.3, 0.4) is 0 Å². The highest BCUT2D eigenvalue weighted by Crippen LogP contribution is 2.29. The molecule has 0 saturated carbocycles. The Morgan fingerprint density at radius 3 is 2.67 bits per heavy atom. The van der Waals surface area contributed by atoms with Gasteiger partial charge in [0.15, 0.2) is 0 Å². The quantitative estimate of drug-likeness (QED) is 0.828. The summed E-state index contributed by atoms with van der Waals surface area (Å²) in [6, 6.07) is 2.11. The van der Waals surface area contributed by atoms with E-state index in [0.29, 0.717) is 0 Å². The molecule has 0 aliphatic heterocycles. The highest BCUT2D eigenvalue weighted by molar-refractivity contribution is 9.10. The molecule has 1 aromatic rings. The minimum Gasteiger partial charge on any atom is -0.325 e. The first-order chi connectivity index (χ1) is 7.11. The van der Waals surface area contributed by atoms with E-state index in [1.807, 2.05) is 0 Å². The van der Waals surface area contributed by atoms with Gasteiger partial charge >= 0.3 is 0 Å². The van der Waals surface area contributed by atoms with Crippen LogP contribution in [0.2, 0.25) is 0 Å². The summed E-state index contributed by atoms with van der Waals surface area (Å²) < 4.78 is 1.22. The fraction of sp³-hybridized carbons (Fsp3) is 0.667. The molecule has 0 spiro atoms. The SMILES string of the molecule is CCCCC(N)(CC)Cc1sccc1Br. The van der Waals surface area contributed by atoms with Crippen LogP contribution in [0.4, 0.5) is 0 Å². The Morgan fingerprint density at radius 1 is 1.47 bits per heavy atom. The smallest absolute Gasteiger partial charge is 0.0315 e. The van der Waals surface area contributed by atoms with E-state index in [1.165, 1.54) is 22.2 Å². The van der Waals surface area contributed by atoms with Crippen molar-refractivity contribution in [3.63, 3.8) is 0 Å². The second-order valence-electron chi connectivity index (χ2n) is 4.19. The van der Waals surface area contributed by atoms with Crippen LogP contribution >= 0.6 is 27.3 Å². The minimum atomic E-state index is -0.0105. The van der Waals surface area contributed by atoms with Gasteiger partial charge in [-0.3, -0.25) is 0 Å². The zero-order valence-electron chi connectivity index (χ0n) is 9.55. The predicted octanol–water partition coefficient (Wildman–Crippen LogP) is 4.35. The van der Waals surface area contributed by atoms with Crippen molar-refractivity contribution >= 4 is 27.3 Å². The summed E-state index contributed by atoms with van der Waals surface area (Å²) in [6.07, 6.45) is 5.64. The highest BCUT2D eigenvalue weighted by atomic mass is 79.9. The molecule has 1 unspecified atom stereocenters. The summed E-state index contributed by atoms with van der Waals surface area (Å²) in [5.74, 6) is 0. The maximum absolute atomic E-state index is 6.43. The number of hydrogen-bond acceptors (Lipinski definition) is 2. The monoisotopic (exact) mass is 289 g/mol. The van der Waals surface area contributed by atoms with Crippen LogP contribution in [0.5, 0.6) is 0 Å². The standard InChI is InChI=1S/C12H20BrNS/c1-3-5-7-12(14,4-2)9-11-10(13)6-8-15-11/h6,8H,3-5,7,9,14H2,1-2H3. The third kappa shape index (κ3) is 3.89. The lowest BCUT2D eigenvalue weighted by Crippen LogP contribution is -2.41. The maximum Gasteiger partial charge on any atom is 0.0315 e. The van der Waals surface area contributed by atoms with Gasteiger partial charge in [-0.2, -0.15) is 0 Å². The van der Waals surface area contributed by atoms with Crippen molar-refractivity contribution in [2.24, 2.45) is 5.73 Å². The van der Waals surface area contributed by atoms with Gasteiger partial charge in [-0.05, 0) is 40.2 Å². The molecule has 0 radical (unpaired) electrons. The molecule has 15 heavy (non-hydrogen) atoms. The molecular formula is C12H20BrNS. The lowest BCUT2D eigenvalue weighted by molar-refractivity contribution is 0.367. The van der Waals surface area contributed by atoms with Crippen molar-refractivity contribution in [2.75, 3.05) is 0 Å². The van der Waals surface area contributed by atoms with Crippen LogP contribution in [0.25, 0.3) is 0 Å². The molecule has 0 aliphatic rings. The molecule has 0 aromatic carbocycles. The molecule has 0 aliphatic carbocycles. The number of hydrogen-bond donors (Lipinski definition) is 1. The van der Waals surface area contributed by atoms with Crippen LogP contribution in [0, 0.1) is 0 Å². The van der Waals surface area contributed by atoms with E-state index in [1.54, 1.807) is 11.3 Å². The van der Waals surface area contributed by atoms with Gasteiger partial charge in [-0.25, -0.2) is 0 Å². The van der Waals surface area contributed by atoms with E-state index in [2.05, 4.69) is 41.2 Å².